The number of hydrogen-bond donors (Lipinski definition) is 2. The SMILES string of the molecule is CCC(CCCl)NC(=O)c1cc([N+](=O)[O-])c[nH]1. The Morgan fingerprint density at radius 1 is 1.71 bits per heavy atom. The molecule has 0 aliphatic carbocycles. The number of rotatable bonds is 6. The summed E-state index contributed by atoms with van der Waals surface area (Å²) in [6, 6.07) is 1.20. The van der Waals surface area contributed by atoms with Gasteiger partial charge in [-0.05, 0) is 12.8 Å². The Morgan fingerprint density at radius 3 is 2.88 bits per heavy atom. The van der Waals surface area contributed by atoms with E-state index < -0.39 is 4.92 Å². The molecular formula is C10H14ClN3O3. The summed E-state index contributed by atoms with van der Waals surface area (Å²) in [6.45, 7) is 1.94. The first-order valence-electron chi connectivity index (χ1n) is 5.28. The zero-order valence-electron chi connectivity index (χ0n) is 9.40. The topological polar surface area (TPSA) is 88.0 Å². The van der Waals surface area contributed by atoms with E-state index in [1.807, 2.05) is 6.92 Å². The van der Waals surface area contributed by atoms with Gasteiger partial charge in [0.1, 0.15) is 5.69 Å². The van der Waals surface area contributed by atoms with Crippen LogP contribution in [0, 0.1) is 10.1 Å². The van der Waals surface area contributed by atoms with Crippen molar-refractivity contribution in [3.63, 3.8) is 0 Å². The maximum Gasteiger partial charge on any atom is 0.287 e. The molecule has 1 unspecified atom stereocenters. The number of nitrogens with one attached hydrogen (secondary N) is 2. The van der Waals surface area contributed by atoms with Crippen LogP contribution >= 0.6 is 11.6 Å². The Bertz CT molecular complexity index is 405. The van der Waals surface area contributed by atoms with Gasteiger partial charge < -0.3 is 10.3 Å². The quantitative estimate of drug-likeness (QED) is 0.466. The van der Waals surface area contributed by atoms with Crippen LogP contribution in [0.4, 0.5) is 5.69 Å². The molecule has 6 nitrogen and oxygen atoms in total. The molecule has 0 saturated carbocycles. The van der Waals surface area contributed by atoms with Crippen molar-refractivity contribution in [3.05, 3.63) is 28.1 Å². The van der Waals surface area contributed by atoms with Crippen LogP contribution in [0.25, 0.3) is 0 Å². The summed E-state index contributed by atoms with van der Waals surface area (Å²) in [4.78, 5) is 24.2. The van der Waals surface area contributed by atoms with Gasteiger partial charge in [-0.25, -0.2) is 0 Å². The lowest BCUT2D eigenvalue weighted by molar-refractivity contribution is -0.384. The molecule has 0 aliphatic rings. The van der Waals surface area contributed by atoms with Gasteiger partial charge in [-0.2, -0.15) is 0 Å². The normalized spacial score (nSPS) is 12.1. The molecule has 0 radical (unpaired) electrons. The minimum absolute atomic E-state index is 0.0117. The molecular weight excluding hydrogens is 246 g/mol. The van der Waals surface area contributed by atoms with Crippen LogP contribution in [0.2, 0.25) is 0 Å². The molecule has 0 fully saturated rings. The minimum atomic E-state index is -0.552. The number of carbonyl (C=O) groups excluding carboxylic acids is 1. The van der Waals surface area contributed by atoms with E-state index in [-0.39, 0.29) is 23.3 Å². The number of aromatic amines is 1. The summed E-state index contributed by atoms with van der Waals surface area (Å²) >= 11 is 5.60. The Kier molecular flexibility index (Phi) is 4.96. The lowest BCUT2D eigenvalue weighted by Gasteiger charge is -2.14. The molecule has 1 aromatic heterocycles. The van der Waals surface area contributed by atoms with Crippen LogP contribution in [0.15, 0.2) is 12.3 Å². The number of hydrogen-bond acceptors (Lipinski definition) is 3. The Morgan fingerprint density at radius 2 is 2.41 bits per heavy atom. The number of aromatic nitrogens is 1. The summed E-state index contributed by atoms with van der Waals surface area (Å²) in [7, 11) is 0. The molecule has 7 heteroatoms. The van der Waals surface area contributed by atoms with Crippen LogP contribution < -0.4 is 5.32 Å². The van der Waals surface area contributed by atoms with E-state index in [9.17, 15) is 14.9 Å². The van der Waals surface area contributed by atoms with Gasteiger partial charge >= 0.3 is 0 Å². The van der Waals surface area contributed by atoms with Crippen LogP contribution in [-0.2, 0) is 0 Å². The van der Waals surface area contributed by atoms with E-state index in [1.165, 1.54) is 12.3 Å². The first-order chi connectivity index (χ1) is 8.08. The number of nitro groups is 1. The van der Waals surface area contributed by atoms with Gasteiger partial charge in [-0.15, -0.1) is 11.6 Å². The fourth-order valence-electron chi connectivity index (χ4n) is 1.39. The molecule has 0 saturated heterocycles. The number of amides is 1. The van der Waals surface area contributed by atoms with Crippen molar-refractivity contribution in [2.24, 2.45) is 0 Å². The number of nitrogens with zero attached hydrogens (tertiary/aromatic N) is 1. The first-order valence-corrected chi connectivity index (χ1v) is 5.81. The van der Waals surface area contributed by atoms with Crippen LogP contribution in [0.1, 0.15) is 30.3 Å². The number of alkyl halides is 1. The molecule has 0 bridgehead atoms. The molecule has 94 valence electrons. The first kappa shape index (κ1) is 13.5. The minimum Gasteiger partial charge on any atom is -0.351 e. The molecule has 1 aromatic rings. The molecule has 1 heterocycles. The number of H-pyrrole nitrogens is 1. The predicted octanol–water partition coefficient (Wildman–Crippen LogP) is 2.06. The third kappa shape index (κ3) is 3.74. The average Bonchev–Trinajstić information content (AvgIpc) is 2.77. The van der Waals surface area contributed by atoms with Crippen LogP contribution in [0.5, 0.6) is 0 Å². The van der Waals surface area contributed by atoms with Gasteiger partial charge in [-0.3, -0.25) is 14.9 Å². The van der Waals surface area contributed by atoms with E-state index in [0.29, 0.717) is 12.3 Å². The smallest absolute Gasteiger partial charge is 0.287 e. The van der Waals surface area contributed by atoms with Gasteiger partial charge in [0.15, 0.2) is 0 Å². The molecule has 2 N–H and O–H groups in total. The van der Waals surface area contributed by atoms with Crippen molar-refractivity contribution >= 4 is 23.2 Å². The average molecular weight is 260 g/mol. The van der Waals surface area contributed by atoms with E-state index in [4.69, 9.17) is 11.6 Å². The third-order valence-corrected chi connectivity index (χ3v) is 2.63. The highest BCUT2D eigenvalue weighted by Crippen LogP contribution is 2.12. The summed E-state index contributed by atoms with van der Waals surface area (Å²) < 4.78 is 0. The van der Waals surface area contributed by atoms with Crippen molar-refractivity contribution in [2.45, 2.75) is 25.8 Å². The largest absolute Gasteiger partial charge is 0.351 e. The lowest BCUT2D eigenvalue weighted by atomic mass is 10.1. The van der Waals surface area contributed by atoms with E-state index >= 15 is 0 Å². The summed E-state index contributed by atoms with van der Waals surface area (Å²) in [5.74, 6) is 0.110. The molecule has 1 amide bonds. The van der Waals surface area contributed by atoms with Crippen molar-refractivity contribution < 1.29 is 9.72 Å². The summed E-state index contributed by atoms with van der Waals surface area (Å²) in [6.07, 6.45) is 2.63. The molecule has 0 spiro atoms. The van der Waals surface area contributed by atoms with E-state index in [1.54, 1.807) is 0 Å². The Hall–Kier alpha value is -1.56. The van der Waals surface area contributed by atoms with Crippen LogP contribution in [0.3, 0.4) is 0 Å². The van der Waals surface area contributed by atoms with E-state index in [0.717, 1.165) is 6.42 Å². The fourth-order valence-corrected chi connectivity index (χ4v) is 1.66. The van der Waals surface area contributed by atoms with Gasteiger partial charge in [0.05, 0.1) is 11.1 Å². The van der Waals surface area contributed by atoms with Crippen molar-refractivity contribution in [1.29, 1.82) is 0 Å². The van der Waals surface area contributed by atoms with E-state index in [2.05, 4.69) is 10.3 Å². The van der Waals surface area contributed by atoms with Crippen molar-refractivity contribution in [1.82, 2.24) is 10.3 Å². The van der Waals surface area contributed by atoms with Gasteiger partial charge in [0.25, 0.3) is 11.6 Å². The van der Waals surface area contributed by atoms with Gasteiger partial charge in [0, 0.05) is 18.0 Å². The fraction of sp³-hybridized carbons (Fsp3) is 0.500. The van der Waals surface area contributed by atoms with Gasteiger partial charge in [-0.1, -0.05) is 6.92 Å². The Balaban J connectivity index is 2.65. The third-order valence-electron chi connectivity index (χ3n) is 2.41. The highest BCUT2D eigenvalue weighted by Gasteiger charge is 2.16. The second-order valence-electron chi connectivity index (χ2n) is 3.58. The lowest BCUT2D eigenvalue weighted by Crippen LogP contribution is -2.34. The summed E-state index contributed by atoms with van der Waals surface area (Å²) in [5.41, 5.74) is 0.0604. The maximum atomic E-state index is 11.7. The molecule has 0 aliphatic heterocycles. The zero-order chi connectivity index (χ0) is 12.8. The standard InChI is InChI=1S/C10H14ClN3O3/c1-2-7(3-4-11)13-10(15)9-5-8(6-12-9)14(16)17/h5-7,12H,2-4H2,1H3,(H,13,15). The predicted molar refractivity (Wildman–Crippen MR) is 64.3 cm³/mol. The maximum absolute atomic E-state index is 11.7. The van der Waals surface area contributed by atoms with Crippen LogP contribution in [-0.4, -0.2) is 27.7 Å². The Labute approximate surface area is 103 Å². The number of halogens is 1. The highest BCUT2D eigenvalue weighted by atomic mass is 35.5. The van der Waals surface area contributed by atoms with Crippen molar-refractivity contribution in [2.75, 3.05) is 5.88 Å². The molecule has 0 aromatic carbocycles. The molecule has 1 atom stereocenters. The zero-order valence-corrected chi connectivity index (χ0v) is 10.2. The second kappa shape index (κ2) is 6.24. The highest BCUT2D eigenvalue weighted by molar-refractivity contribution is 6.17. The number of carbonyl (C=O) groups is 1. The monoisotopic (exact) mass is 259 g/mol. The van der Waals surface area contributed by atoms with Gasteiger partial charge in [0.2, 0.25) is 0 Å². The second-order valence-corrected chi connectivity index (χ2v) is 3.96. The molecule has 17 heavy (non-hydrogen) atoms. The van der Waals surface area contributed by atoms with Crippen molar-refractivity contribution in [3.8, 4) is 0 Å². The summed E-state index contributed by atoms with van der Waals surface area (Å²) in [5, 5.41) is 13.2. The molecule has 1 rings (SSSR count).